The van der Waals surface area contributed by atoms with Crippen molar-refractivity contribution in [3.63, 3.8) is 0 Å². The van der Waals surface area contributed by atoms with Crippen molar-refractivity contribution in [1.29, 1.82) is 0 Å². The van der Waals surface area contributed by atoms with E-state index in [1.54, 1.807) is 18.2 Å². The van der Waals surface area contributed by atoms with Crippen LogP contribution in [0.4, 0.5) is 8.78 Å². The number of benzene rings is 3. The van der Waals surface area contributed by atoms with Gasteiger partial charge in [0.05, 0.1) is 0 Å². The quantitative estimate of drug-likeness (QED) is 0.634. The van der Waals surface area contributed by atoms with Crippen LogP contribution in [0.25, 0.3) is 0 Å². The lowest BCUT2D eigenvalue weighted by molar-refractivity contribution is 0.0734. The number of nitrogens with zero attached hydrogens (tertiary/aromatic N) is 1. The van der Waals surface area contributed by atoms with Crippen LogP contribution in [-0.2, 0) is 13.2 Å². The van der Waals surface area contributed by atoms with Crippen molar-refractivity contribution in [3.8, 4) is 11.5 Å². The topological polar surface area (TPSA) is 41.9 Å². The zero-order valence-electron chi connectivity index (χ0n) is 16.4. The molecule has 0 saturated carbocycles. The third-order valence-corrected chi connectivity index (χ3v) is 5.02. The highest BCUT2D eigenvalue weighted by Gasteiger charge is 2.33. The fourth-order valence-electron chi connectivity index (χ4n) is 3.54. The van der Waals surface area contributed by atoms with Gasteiger partial charge >= 0.3 is 0 Å². The summed E-state index contributed by atoms with van der Waals surface area (Å²) in [5.74, 6) is 0.480. The summed E-state index contributed by atoms with van der Waals surface area (Å²) in [5.41, 5.74) is 1.85. The number of β-amino-alcohol motifs (C(OH)–C–C–N with tert-alkyl or cyclic N) is 1. The Hall–Kier alpha value is -2.96. The van der Waals surface area contributed by atoms with Gasteiger partial charge in [0.2, 0.25) is 0 Å². The summed E-state index contributed by atoms with van der Waals surface area (Å²) in [6, 6.07) is 20.0. The lowest BCUT2D eigenvalue weighted by atomic mass is 10.2. The van der Waals surface area contributed by atoms with Crippen LogP contribution in [0.1, 0.15) is 11.1 Å². The average molecular weight is 411 g/mol. The molecule has 2 atom stereocenters. The molecule has 1 aliphatic heterocycles. The highest BCUT2D eigenvalue weighted by molar-refractivity contribution is 5.28. The van der Waals surface area contributed by atoms with Crippen LogP contribution in [0.3, 0.4) is 0 Å². The molecule has 4 rings (SSSR count). The smallest absolute Gasteiger partial charge is 0.138 e. The summed E-state index contributed by atoms with van der Waals surface area (Å²) in [5, 5.41) is 10.3. The predicted molar refractivity (Wildman–Crippen MR) is 109 cm³/mol. The molecule has 0 bridgehead atoms. The molecule has 1 aliphatic rings. The molecular weight excluding hydrogens is 388 g/mol. The molecule has 2 unspecified atom stereocenters. The average Bonchev–Trinajstić information content (AvgIpc) is 3.06. The molecule has 1 heterocycles. The van der Waals surface area contributed by atoms with Crippen LogP contribution in [0.2, 0.25) is 0 Å². The number of aliphatic hydroxyl groups excluding tert-OH is 1. The van der Waals surface area contributed by atoms with Gasteiger partial charge < -0.3 is 14.6 Å². The minimum atomic E-state index is -0.637. The zero-order valence-corrected chi connectivity index (χ0v) is 16.4. The summed E-state index contributed by atoms with van der Waals surface area (Å²) in [4.78, 5) is 2.09. The first kappa shape index (κ1) is 20.3. The van der Waals surface area contributed by atoms with Crippen LogP contribution < -0.4 is 9.47 Å². The van der Waals surface area contributed by atoms with Crippen molar-refractivity contribution in [2.24, 2.45) is 0 Å². The number of hydrogen-bond acceptors (Lipinski definition) is 4. The summed E-state index contributed by atoms with van der Waals surface area (Å²) < 4.78 is 38.0. The molecule has 1 N–H and O–H groups in total. The van der Waals surface area contributed by atoms with E-state index in [0.717, 1.165) is 11.1 Å². The van der Waals surface area contributed by atoms with Crippen molar-refractivity contribution in [1.82, 2.24) is 4.90 Å². The first-order valence-corrected chi connectivity index (χ1v) is 9.84. The molecule has 156 valence electrons. The maximum absolute atomic E-state index is 13.3. The molecule has 30 heavy (non-hydrogen) atoms. The van der Waals surface area contributed by atoms with Gasteiger partial charge in [-0.05, 0) is 47.5 Å². The Kier molecular flexibility index (Phi) is 6.26. The monoisotopic (exact) mass is 411 g/mol. The molecule has 3 aromatic carbocycles. The maximum Gasteiger partial charge on any atom is 0.138 e. The van der Waals surface area contributed by atoms with E-state index in [4.69, 9.17) is 9.47 Å². The van der Waals surface area contributed by atoms with Crippen LogP contribution in [-0.4, -0.2) is 35.3 Å². The Labute approximate surface area is 174 Å². The second-order valence-electron chi connectivity index (χ2n) is 7.44. The third kappa shape index (κ3) is 5.34. The molecule has 0 spiro atoms. The van der Waals surface area contributed by atoms with Crippen molar-refractivity contribution in [3.05, 3.63) is 95.6 Å². The molecule has 3 aromatic rings. The van der Waals surface area contributed by atoms with Gasteiger partial charge in [-0.3, -0.25) is 4.90 Å². The SMILES string of the molecule is OC1CN(Cc2ccc(OCc3cccc(F)c3)cc2)CC1Oc1cccc(F)c1. The predicted octanol–water partition coefficient (Wildman–Crippen LogP) is 4.17. The first-order valence-electron chi connectivity index (χ1n) is 9.84. The van der Waals surface area contributed by atoms with Crippen molar-refractivity contribution in [2.75, 3.05) is 13.1 Å². The van der Waals surface area contributed by atoms with Gasteiger partial charge in [-0.25, -0.2) is 8.78 Å². The Morgan fingerprint density at radius 3 is 2.30 bits per heavy atom. The number of halogens is 2. The van der Waals surface area contributed by atoms with Crippen LogP contribution in [0.5, 0.6) is 11.5 Å². The minimum Gasteiger partial charge on any atom is -0.489 e. The normalized spacial score (nSPS) is 19.0. The Balaban J connectivity index is 1.29. The number of rotatable bonds is 7. The highest BCUT2D eigenvalue weighted by atomic mass is 19.1. The van der Waals surface area contributed by atoms with E-state index < -0.39 is 12.2 Å². The second kappa shape index (κ2) is 9.24. The van der Waals surface area contributed by atoms with Crippen molar-refractivity contribution < 1.29 is 23.4 Å². The van der Waals surface area contributed by atoms with E-state index in [0.29, 0.717) is 37.7 Å². The number of hydrogen-bond donors (Lipinski definition) is 1. The van der Waals surface area contributed by atoms with Gasteiger partial charge in [-0.1, -0.05) is 30.3 Å². The van der Waals surface area contributed by atoms with E-state index in [-0.39, 0.29) is 11.6 Å². The molecule has 6 heteroatoms. The largest absolute Gasteiger partial charge is 0.489 e. The summed E-state index contributed by atoms with van der Waals surface area (Å²) in [6.07, 6.45) is -1.04. The standard InChI is InChI=1S/C24H23F2NO3/c25-19-4-1-3-18(11-19)16-29-21-9-7-17(8-10-21)13-27-14-23(28)24(15-27)30-22-6-2-5-20(26)12-22/h1-12,23-24,28H,13-16H2. The zero-order chi connectivity index (χ0) is 20.9. The van der Waals surface area contributed by atoms with Gasteiger partial charge in [0, 0.05) is 25.7 Å². The van der Waals surface area contributed by atoms with E-state index >= 15 is 0 Å². The van der Waals surface area contributed by atoms with Gasteiger partial charge in [0.25, 0.3) is 0 Å². The highest BCUT2D eigenvalue weighted by Crippen LogP contribution is 2.22. The Morgan fingerprint density at radius 2 is 1.57 bits per heavy atom. The summed E-state index contributed by atoms with van der Waals surface area (Å²) >= 11 is 0. The lowest BCUT2D eigenvalue weighted by Crippen LogP contribution is -2.29. The Morgan fingerprint density at radius 1 is 0.833 bits per heavy atom. The van der Waals surface area contributed by atoms with Crippen LogP contribution >= 0.6 is 0 Å². The number of likely N-dealkylation sites (tertiary alicyclic amines) is 1. The van der Waals surface area contributed by atoms with E-state index in [9.17, 15) is 13.9 Å². The molecule has 1 saturated heterocycles. The lowest BCUT2D eigenvalue weighted by Gasteiger charge is -2.17. The van der Waals surface area contributed by atoms with E-state index in [1.165, 1.54) is 24.3 Å². The fraction of sp³-hybridized carbons (Fsp3) is 0.250. The van der Waals surface area contributed by atoms with E-state index in [1.807, 2.05) is 30.3 Å². The molecule has 0 aromatic heterocycles. The van der Waals surface area contributed by atoms with Crippen molar-refractivity contribution in [2.45, 2.75) is 25.4 Å². The molecular formula is C24H23F2NO3. The molecule has 0 radical (unpaired) electrons. The van der Waals surface area contributed by atoms with Crippen LogP contribution in [0, 0.1) is 11.6 Å². The molecule has 0 amide bonds. The number of aliphatic hydroxyl groups is 1. The first-order chi connectivity index (χ1) is 14.5. The Bertz CT molecular complexity index is 980. The minimum absolute atomic E-state index is 0.279. The van der Waals surface area contributed by atoms with Crippen molar-refractivity contribution >= 4 is 0 Å². The van der Waals surface area contributed by atoms with Gasteiger partial charge in [-0.2, -0.15) is 0 Å². The maximum atomic E-state index is 13.3. The molecule has 4 nitrogen and oxygen atoms in total. The van der Waals surface area contributed by atoms with Crippen LogP contribution in [0.15, 0.2) is 72.8 Å². The number of ether oxygens (including phenoxy) is 2. The third-order valence-electron chi connectivity index (χ3n) is 5.02. The summed E-state index contributed by atoms with van der Waals surface area (Å²) in [6.45, 7) is 1.99. The summed E-state index contributed by atoms with van der Waals surface area (Å²) in [7, 11) is 0. The van der Waals surface area contributed by atoms with Gasteiger partial charge in [0.1, 0.15) is 41.9 Å². The van der Waals surface area contributed by atoms with Gasteiger partial charge in [-0.15, -0.1) is 0 Å². The van der Waals surface area contributed by atoms with Gasteiger partial charge in [0.15, 0.2) is 0 Å². The fourth-order valence-corrected chi connectivity index (χ4v) is 3.54. The molecule has 0 aliphatic carbocycles. The second-order valence-corrected chi connectivity index (χ2v) is 7.44. The molecule has 1 fully saturated rings. The van der Waals surface area contributed by atoms with E-state index in [2.05, 4.69) is 4.90 Å².